The average molecular weight is 97.2 g/mol. The van der Waals surface area contributed by atoms with Crippen LogP contribution in [0.4, 0.5) is 0 Å². The maximum absolute atomic E-state index is 2.55. The van der Waals surface area contributed by atoms with Crippen molar-refractivity contribution in [2.45, 2.75) is 31.8 Å². The van der Waals surface area contributed by atoms with Gasteiger partial charge in [0.2, 0.25) is 0 Å². The van der Waals surface area contributed by atoms with Crippen LogP contribution in [-0.4, -0.2) is 23.5 Å². The molecule has 1 nitrogen and oxygen atoms in total. The van der Waals surface area contributed by atoms with Crippen LogP contribution < -0.4 is 0 Å². The van der Waals surface area contributed by atoms with Gasteiger partial charge in [0, 0.05) is 18.6 Å². The van der Waals surface area contributed by atoms with E-state index in [2.05, 4.69) is 11.8 Å². The summed E-state index contributed by atoms with van der Waals surface area (Å²) in [6.07, 6.45) is 2.82. The van der Waals surface area contributed by atoms with Gasteiger partial charge in [-0.2, -0.15) is 0 Å². The molecular formula is C6H11N. The topological polar surface area (TPSA) is 3.01 Å². The molecule has 0 N–H and O–H groups in total. The van der Waals surface area contributed by atoms with E-state index in [1.807, 2.05) is 0 Å². The lowest BCUT2D eigenvalue weighted by Crippen LogP contribution is -2.03. The van der Waals surface area contributed by atoms with Crippen LogP contribution in [0.1, 0.15) is 19.8 Å². The monoisotopic (exact) mass is 97.1 g/mol. The van der Waals surface area contributed by atoms with Gasteiger partial charge in [0.05, 0.1) is 0 Å². The van der Waals surface area contributed by atoms with Gasteiger partial charge >= 0.3 is 0 Å². The van der Waals surface area contributed by atoms with E-state index in [-0.39, 0.29) is 0 Å². The van der Waals surface area contributed by atoms with Crippen LogP contribution in [-0.2, 0) is 0 Å². The highest BCUT2D eigenvalue weighted by Crippen LogP contribution is 2.45. The SMILES string of the molecule is CCCC1C2CN12. The summed E-state index contributed by atoms with van der Waals surface area (Å²) in [5.41, 5.74) is 0. The number of hydrogen-bond acceptors (Lipinski definition) is 1. The normalized spacial score (nSPS) is 53.6. The Hall–Kier alpha value is -0.0400. The van der Waals surface area contributed by atoms with Crippen molar-refractivity contribution in [2.24, 2.45) is 0 Å². The molecule has 3 unspecified atom stereocenters. The second kappa shape index (κ2) is 1.03. The van der Waals surface area contributed by atoms with E-state index in [0.717, 1.165) is 12.1 Å². The van der Waals surface area contributed by atoms with Crippen LogP contribution >= 0.6 is 0 Å². The van der Waals surface area contributed by atoms with Crippen LogP contribution in [0.3, 0.4) is 0 Å². The summed E-state index contributed by atoms with van der Waals surface area (Å²) in [5, 5.41) is 0. The van der Waals surface area contributed by atoms with Crippen LogP contribution in [0.5, 0.6) is 0 Å². The first-order valence-electron chi connectivity index (χ1n) is 3.19. The average Bonchev–Trinajstić information content (AvgIpc) is 2.41. The summed E-state index contributed by atoms with van der Waals surface area (Å²) >= 11 is 0. The fourth-order valence-electron chi connectivity index (χ4n) is 1.33. The third-order valence-corrected chi connectivity index (χ3v) is 2.06. The molecule has 1 heteroatoms. The summed E-state index contributed by atoms with van der Waals surface area (Å²) < 4.78 is 0. The van der Waals surface area contributed by atoms with E-state index in [1.165, 1.54) is 19.4 Å². The zero-order valence-corrected chi connectivity index (χ0v) is 4.72. The Morgan fingerprint density at radius 2 is 2.43 bits per heavy atom. The van der Waals surface area contributed by atoms with Crippen LogP contribution in [0.25, 0.3) is 0 Å². The molecule has 2 rings (SSSR count). The molecule has 40 valence electrons. The third-order valence-electron chi connectivity index (χ3n) is 2.06. The number of rotatable bonds is 2. The summed E-state index contributed by atoms with van der Waals surface area (Å²) in [4.78, 5) is 2.55. The summed E-state index contributed by atoms with van der Waals surface area (Å²) in [6.45, 7) is 3.68. The van der Waals surface area contributed by atoms with E-state index in [1.54, 1.807) is 0 Å². The van der Waals surface area contributed by atoms with Crippen molar-refractivity contribution in [1.29, 1.82) is 0 Å². The molecule has 7 heavy (non-hydrogen) atoms. The molecule has 2 fully saturated rings. The smallest absolute Gasteiger partial charge is 0.0383 e. The van der Waals surface area contributed by atoms with Crippen molar-refractivity contribution in [3.8, 4) is 0 Å². The van der Waals surface area contributed by atoms with Crippen LogP contribution in [0.2, 0.25) is 0 Å². The van der Waals surface area contributed by atoms with Crippen molar-refractivity contribution >= 4 is 0 Å². The molecule has 2 aliphatic heterocycles. The second-order valence-electron chi connectivity index (χ2n) is 2.62. The molecule has 2 saturated heterocycles. The van der Waals surface area contributed by atoms with Gasteiger partial charge < -0.3 is 0 Å². The molecule has 0 aromatic rings. The van der Waals surface area contributed by atoms with E-state index in [4.69, 9.17) is 0 Å². The first-order chi connectivity index (χ1) is 3.43. The standard InChI is InChI=1S/C6H11N/c1-2-3-5-6-4-7(5)6/h5-6H,2-4H2,1H3. The molecule has 2 aliphatic rings. The zero-order valence-electron chi connectivity index (χ0n) is 4.72. The van der Waals surface area contributed by atoms with Gasteiger partial charge in [-0.3, -0.25) is 4.90 Å². The van der Waals surface area contributed by atoms with Gasteiger partial charge in [-0.1, -0.05) is 13.3 Å². The lowest BCUT2D eigenvalue weighted by atomic mass is 10.2. The van der Waals surface area contributed by atoms with Gasteiger partial charge in [0.25, 0.3) is 0 Å². The zero-order chi connectivity index (χ0) is 4.85. The minimum absolute atomic E-state index is 1.05. The maximum atomic E-state index is 2.55. The molecule has 0 bridgehead atoms. The van der Waals surface area contributed by atoms with Gasteiger partial charge in [-0.05, 0) is 6.42 Å². The van der Waals surface area contributed by atoms with Crippen molar-refractivity contribution in [2.75, 3.05) is 6.54 Å². The lowest BCUT2D eigenvalue weighted by Gasteiger charge is -1.95. The minimum atomic E-state index is 1.05. The highest BCUT2D eigenvalue weighted by atomic mass is 15.5. The van der Waals surface area contributed by atoms with Crippen molar-refractivity contribution in [3.63, 3.8) is 0 Å². The largest absolute Gasteiger partial charge is 0.291 e. The summed E-state index contributed by atoms with van der Waals surface area (Å²) in [7, 11) is 0. The van der Waals surface area contributed by atoms with Gasteiger partial charge in [-0.25, -0.2) is 0 Å². The maximum Gasteiger partial charge on any atom is 0.0383 e. The fourth-order valence-corrected chi connectivity index (χ4v) is 1.33. The van der Waals surface area contributed by atoms with Crippen molar-refractivity contribution in [3.05, 3.63) is 0 Å². The molecule has 0 saturated carbocycles. The molecule has 0 aliphatic carbocycles. The van der Waals surface area contributed by atoms with E-state index >= 15 is 0 Å². The first-order valence-corrected chi connectivity index (χ1v) is 3.19. The third kappa shape index (κ3) is 0.418. The van der Waals surface area contributed by atoms with E-state index < -0.39 is 0 Å². The molecule has 0 aromatic carbocycles. The summed E-state index contributed by atoms with van der Waals surface area (Å²) in [5.74, 6) is 0. The fraction of sp³-hybridized carbons (Fsp3) is 1.00. The molecule has 0 radical (unpaired) electrons. The number of hydrogen-bond donors (Lipinski definition) is 0. The Labute approximate surface area is 44.3 Å². The van der Waals surface area contributed by atoms with Crippen LogP contribution in [0.15, 0.2) is 0 Å². The Bertz CT molecular complexity index is 82.2. The van der Waals surface area contributed by atoms with Crippen LogP contribution in [0, 0.1) is 0 Å². The number of fused-ring (bicyclic) bond motifs is 1. The highest BCUT2D eigenvalue weighted by molar-refractivity contribution is 5.17. The minimum Gasteiger partial charge on any atom is -0.291 e. The predicted molar refractivity (Wildman–Crippen MR) is 29.2 cm³/mol. The van der Waals surface area contributed by atoms with Gasteiger partial charge in [0.15, 0.2) is 0 Å². The van der Waals surface area contributed by atoms with E-state index in [9.17, 15) is 0 Å². The second-order valence-corrected chi connectivity index (χ2v) is 2.62. The predicted octanol–water partition coefficient (Wildman–Crippen LogP) is 0.853. The summed E-state index contributed by atoms with van der Waals surface area (Å²) in [6, 6.07) is 2.12. The quantitative estimate of drug-likeness (QED) is 0.462. The van der Waals surface area contributed by atoms with Gasteiger partial charge in [-0.15, -0.1) is 0 Å². The lowest BCUT2D eigenvalue weighted by molar-refractivity contribution is 0.579. The first kappa shape index (κ1) is 3.90. The Morgan fingerprint density at radius 3 is 2.57 bits per heavy atom. The van der Waals surface area contributed by atoms with E-state index in [0.29, 0.717) is 0 Å². The molecule has 0 spiro atoms. The molecule has 0 aromatic heterocycles. The Morgan fingerprint density at radius 1 is 1.71 bits per heavy atom. The molecule has 0 amide bonds. The number of nitrogens with zero attached hydrogens (tertiary/aromatic N) is 1. The highest BCUT2D eigenvalue weighted by Gasteiger charge is 2.60. The van der Waals surface area contributed by atoms with Gasteiger partial charge in [0.1, 0.15) is 0 Å². The van der Waals surface area contributed by atoms with Crippen molar-refractivity contribution in [1.82, 2.24) is 4.90 Å². The molecule has 3 atom stereocenters. The molecule has 2 heterocycles. The molecular weight excluding hydrogens is 86.1 g/mol. The van der Waals surface area contributed by atoms with Crippen molar-refractivity contribution < 1.29 is 0 Å². The Balaban J connectivity index is 1.73. The Kier molecular flexibility index (Phi) is 0.571.